The van der Waals surface area contributed by atoms with Crippen molar-refractivity contribution < 1.29 is 19.5 Å². The number of rotatable bonds is 9. The molecule has 0 radical (unpaired) electrons. The first-order valence-electron chi connectivity index (χ1n) is 11.3. The number of benzene rings is 3. The maximum absolute atomic E-state index is 12.6. The number of hydrogen-bond acceptors (Lipinski definition) is 7. The van der Waals surface area contributed by atoms with Gasteiger partial charge in [0.05, 0.1) is 39.1 Å². The monoisotopic (exact) mass is 600 g/mol. The van der Waals surface area contributed by atoms with Crippen LogP contribution >= 0.6 is 46.7 Å². The van der Waals surface area contributed by atoms with E-state index in [1.807, 2.05) is 0 Å². The van der Waals surface area contributed by atoms with Crippen LogP contribution in [0, 0.1) is 0 Å². The van der Waals surface area contributed by atoms with Crippen molar-refractivity contribution in [3.8, 4) is 0 Å². The Kier molecular flexibility index (Phi) is 7.98. The third kappa shape index (κ3) is 6.84. The molecule has 0 aliphatic heterocycles. The molecular weight excluding hydrogens is 583 g/mol. The number of aromatic carboxylic acids is 1. The van der Waals surface area contributed by atoms with Gasteiger partial charge in [-0.05, 0) is 54.6 Å². The number of anilines is 2. The molecule has 3 aromatic carbocycles. The van der Waals surface area contributed by atoms with E-state index in [0.29, 0.717) is 20.4 Å². The first-order chi connectivity index (χ1) is 18.7. The molecule has 2 aromatic heterocycles. The second-order valence-corrected chi connectivity index (χ2v) is 11.0. The zero-order chi connectivity index (χ0) is 27.5. The molecule has 5 N–H and O–H groups in total. The highest BCUT2D eigenvalue weighted by Crippen LogP contribution is 2.25. The Balaban J connectivity index is 1.20. The number of fused-ring (bicyclic) bond motifs is 2. The number of thioether (sulfide) groups is 2. The molecule has 10 nitrogen and oxygen atoms in total. The van der Waals surface area contributed by atoms with Crippen molar-refractivity contribution in [3.05, 3.63) is 70.2 Å². The molecule has 0 spiro atoms. The summed E-state index contributed by atoms with van der Waals surface area (Å²) in [7, 11) is 0. The Hall–Kier alpha value is -3.71. The molecule has 0 atom stereocenters. The predicted molar refractivity (Wildman–Crippen MR) is 154 cm³/mol. The molecule has 198 valence electrons. The van der Waals surface area contributed by atoms with Gasteiger partial charge in [0.15, 0.2) is 10.3 Å². The second kappa shape index (κ2) is 11.6. The number of nitrogens with zero attached hydrogens (tertiary/aromatic N) is 2. The highest BCUT2D eigenvalue weighted by atomic mass is 35.5. The molecule has 0 unspecified atom stereocenters. The minimum atomic E-state index is -1.20. The first-order valence-corrected chi connectivity index (χ1v) is 14.0. The molecule has 2 heterocycles. The highest BCUT2D eigenvalue weighted by Gasteiger charge is 2.14. The van der Waals surface area contributed by atoms with Crippen LogP contribution in [0.2, 0.25) is 10.0 Å². The number of carboxylic acid groups (broad SMARTS) is 1. The molecule has 0 saturated carbocycles. The van der Waals surface area contributed by atoms with Crippen molar-refractivity contribution in [1.82, 2.24) is 19.9 Å². The lowest BCUT2D eigenvalue weighted by Gasteiger charge is -2.10. The number of H-pyrrole nitrogens is 2. The van der Waals surface area contributed by atoms with Crippen LogP contribution in [0.15, 0.2) is 64.9 Å². The summed E-state index contributed by atoms with van der Waals surface area (Å²) in [5, 5.41) is 17.1. The minimum absolute atomic E-state index is 0.0197. The topological polar surface area (TPSA) is 153 Å². The number of halogens is 2. The number of imidazole rings is 2. The van der Waals surface area contributed by atoms with E-state index in [4.69, 9.17) is 23.2 Å². The van der Waals surface area contributed by atoms with Gasteiger partial charge in [0.2, 0.25) is 11.8 Å². The van der Waals surface area contributed by atoms with Crippen molar-refractivity contribution in [2.45, 2.75) is 10.3 Å². The van der Waals surface area contributed by atoms with Crippen molar-refractivity contribution >= 4 is 98.0 Å². The highest BCUT2D eigenvalue weighted by molar-refractivity contribution is 8.00. The van der Waals surface area contributed by atoms with Gasteiger partial charge in [0.1, 0.15) is 0 Å². The van der Waals surface area contributed by atoms with Crippen LogP contribution in [-0.4, -0.2) is 54.3 Å². The van der Waals surface area contributed by atoms with Crippen LogP contribution < -0.4 is 10.6 Å². The van der Waals surface area contributed by atoms with Crippen LogP contribution in [0.5, 0.6) is 0 Å². The molecule has 0 aliphatic rings. The molecule has 2 amide bonds. The molecule has 0 saturated heterocycles. The lowest BCUT2D eigenvalue weighted by molar-refractivity contribution is -0.114. The molecule has 5 aromatic rings. The van der Waals surface area contributed by atoms with E-state index >= 15 is 0 Å². The van der Waals surface area contributed by atoms with E-state index in [-0.39, 0.29) is 40.3 Å². The summed E-state index contributed by atoms with van der Waals surface area (Å²) in [6.07, 6.45) is 0. The van der Waals surface area contributed by atoms with Gasteiger partial charge in [-0.15, -0.1) is 0 Å². The van der Waals surface area contributed by atoms with Gasteiger partial charge < -0.3 is 25.7 Å². The average Bonchev–Trinajstić information content (AvgIpc) is 3.48. The number of nitrogens with one attached hydrogen (secondary N) is 4. The number of hydrogen-bond donors (Lipinski definition) is 5. The van der Waals surface area contributed by atoms with Crippen molar-refractivity contribution in [3.63, 3.8) is 0 Å². The van der Waals surface area contributed by atoms with Gasteiger partial charge in [-0.1, -0.05) is 46.7 Å². The zero-order valence-electron chi connectivity index (χ0n) is 19.7. The number of carbonyl (C=O) groups excluding carboxylic acids is 2. The fourth-order valence-electron chi connectivity index (χ4n) is 3.61. The Labute approximate surface area is 239 Å². The van der Waals surface area contributed by atoms with Gasteiger partial charge >= 0.3 is 5.97 Å². The second-order valence-electron chi connectivity index (χ2n) is 8.18. The Morgan fingerprint density at radius 1 is 0.744 bits per heavy atom. The summed E-state index contributed by atoms with van der Waals surface area (Å²) in [5.74, 6) is -1.91. The van der Waals surface area contributed by atoms with Crippen LogP contribution in [0.1, 0.15) is 10.4 Å². The predicted octanol–water partition coefficient (Wildman–Crippen LogP) is 5.91. The van der Waals surface area contributed by atoms with E-state index in [1.165, 1.54) is 41.7 Å². The summed E-state index contributed by atoms with van der Waals surface area (Å²) in [5.41, 5.74) is 3.32. The summed E-state index contributed by atoms with van der Waals surface area (Å²) in [6, 6.07) is 14.6. The normalized spacial score (nSPS) is 11.1. The third-order valence-electron chi connectivity index (χ3n) is 5.27. The first kappa shape index (κ1) is 26.9. The maximum Gasteiger partial charge on any atom is 0.335 e. The summed E-state index contributed by atoms with van der Waals surface area (Å²) in [6.45, 7) is 0. The van der Waals surface area contributed by atoms with Gasteiger partial charge in [-0.3, -0.25) is 9.59 Å². The van der Waals surface area contributed by atoms with Crippen molar-refractivity contribution in [2.75, 3.05) is 22.1 Å². The van der Waals surface area contributed by atoms with E-state index in [2.05, 4.69) is 30.6 Å². The molecular formula is C25H18Cl2N6O4S2. The fraction of sp³-hybridized carbons (Fsp3) is 0.0800. The van der Waals surface area contributed by atoms with Crippen LogP contribution in [0.25, 0.3) is 22.1 Å². The molecule has 39 heavy (non-hydrogen) atoms. The standard InChI is InChI=1S/C25H18Cl2N6O4S2/c26-13-1-3-17-19(7-13)32-24(30-17)38-10-21(34)28-15-5-12(23(36)37)6-16(9-15)29-22(35)11-39-25-31-18-4-2-14(27)8-20(18)33-25/h1-9H,10-11H2,(H,28,34)(H,29,35)(H,30,32)(H,31,33)(H,36,37). The average molecular weight is 601 g/mol. The minimum Gasteiger partial charge on any atom is -0.478 e. The molecule has 14 heteroatoms. The van der Waals surface area contributed by atoms with Crippen molar-refractivity contribution in [2.24, 2.45) is 0 Å². The van der Waals surface area contributed by atoms with Gasteiger partial charge in [-0.2, -0.15) is 0 Å². The number of aromatic nitrogens is 4. The van der Waals surface area contributed by atoms with Crippen LogP contribution in [0.3, 0.4) is 0 Å². The summed E-state index contributed by atoms with van der Waals surface area (Å²) in [4.78, 5) is 51.8. The lowest BCUT2D eigenvalue weighted by Crippen LogP contribution is -2.17. The third-order valence-corrected chi connectivity index (χ3v) is 7.49. The van der Waals surface area contributed by atoms with Crippen LogP contribution in [-0.2, 0) is 9.59 Å². The molecule has 0 bridgehead atoms. The quantitative estimate of drug-likeness (QED) is 0.131. The van der Waals surface area contributed by atoms with E-state index in [1.54, 1.807) is 36.4 Å². The zero-order valence-corrected chi connectivity index (χ0v) is 22.9. The Bertz CT molecular complexity index is 1620. The van der Waals surface area contributed by atoms with Crippen LogP contribution in [0.4, 0.5) is 11.4 Å². The largest absolute Gasteiger partial charge is 0.478 e. The van der Waals surface area contributed by atoms with Gasteiger partial charge in [0, 0.05) is 21.4 Å². The molecule has 5 rings (SSSR count). The summed E-state index contributed by atoms with van der Waals surface area (Å²) < 4.78 is 0. The van der Waals surface area contributed by atoms with E-state index < -0.39 is 5.97 Å². The fourth-order valence-corrected chi connectivity index (χ4v) is 5.33. The number of carbonyl (C=O) groups is 3. The molecule has 0 fully saturated rings. The Morgan fingerprint density at radius 2 is 1.21 bits per heavy atom. The van der Waals surface area contributed by atoms with Gasteiger partial charge in [-0.25, -0.2) is 14.8 Å². The molecule has 0 aliphatic carbocycles. The lowest BCUT2D eigenvalue weighted by atomic mass is 10.1. The smallest absolute Gasteiger partial charge is 0.335 e. The van der Waals surface area contributed by atoms with Crippen molar-refractivity contribution in [1.29, 1.82) is 0 Å². The maximum atomic E-state index is 12.6. The summed E-state index contributed by atoms with van der Waals surface area (Å²) >= 11 is 14.4. The SMILES string of the molecule is O=C(CSc1nc2ccc(Cl)cc2[nH]1)Nc1cc(NC(=O)CSc2nc3ccc(Cl)cc3[nH]2)cc(C(=O)O)c1. The van der Waals surface area contributed by atoms with E-state index in [0.717, 1.165) is 22.1 Å². The Morgan fingerprint density at radius 3 is 1.64 bits per heavy atom. The van der Waals surface area contributed by atoms with Gasteiger partial charge in [0.25, 0.3) is 0 Å². The number of amides is 2. The number of carboxylic acids is 1. The number of aromatic amines is 2. The van der Waals surface area contributed by atoms with E-state index in [9.17, 15) is 19.5 Å².